The molecule has 0 aliphatic heterocycles. The van der Waals surface area contributed by atoms with Gasteiger partial charge in [-0.25, -0.2) is 0 Å². The van der Waals surface area contributed by atoms with Crippen LogP contribution in [0.4, 0.5) is 0 Å². The van der Waals surface area contributed by atoms with E-state index >= 15 is 0 Å². The standard InChI is InChI=1S/C13H26N2O/c1-5-11-6-8-12(9-7-11)14-10(2)13(16)15(3)4/h10-12,14H,5-9H2,1-4H3. The predicted molar refractivity (Wildman–Crippen MR) is 67.3 cm³/mol. The lowest BCUT2D eigenvalue weighted by atomic mass is 9.84. The SMILES string of the molecule is CCC1CCC(NC(C)C(=O)N(C)C)CC1. The van der Waals surface area contributed by atoms with Crippen molar-refractivity contribution in [2.24, 2.45) is 5.92 Å². The molecule has 1 N–H and O–H groups in total. The van der Waals surface area contributed by atoms with Crippen LogP contribution in [0.2, 0.25) is 0 Å². The monoisotopic (exact) mass is 226 g/mol. The summed E-state index contributed by atoms with van der Waals surface area (Å²) in [6.45, 7) is 4.24. The quantitative estimate of drug-likeness (QED) is 0.795. The highest BCUT2D eigenvalue weighted by Crippen LogP contribution is 2.26. The van der Waals surface area contributed by atoms with Crippen molar-refractivity contribution in [1.29, 1.82) is 0 Å². The van der Waals surface area contributed by atoms with Crippen molar-refractivity contribution >= 4 is 5.91 Å². The van der Waals surface area contributed by atoms with E-state index in [9.17, 15) is 4.79 Å². The zero-order valence-electron chi connectivity index (χ0n) is 11.1. The third-order valence-corrected chi connectivity index (χ3v) is 3.72. The van der Waals surface area contributed by atoms with E-state index in [-0.39, 0.29) is 11.9 Å². The van der Waals surface area contributed by atoms with E-state index in [4.69, 9.17) is 0 Å². The highest BCUT2D eigenvalue weighted by molar-refractivity contribution is 5.80. The van der Waals surface area contributed by atoms with Crippen LogP contribution in [0.25, 0.3) is 0 Å². The Morgan fingerprint density at radius 3 is 2.31 bits per heavy atom. The number of carbonyl (C=O) groups is 1. The summed E-state index contributed by atoms with van der Waals surface area (Å²) in [5.74, 6) is 1.09. The fourth-order valence-electron chi connectivity index (χ4n) is 2.55. The zero-order valence-corrected chi connectivity index (χ0v) is 11.1. The molecule has 0 spiro atoms. The van der Waals surface area contributed by atoms with Gasteiger partial charge < -0.3 is 10.2 Å². The van der Waals surface area contributed by atoms with Gasteiger partial charge in [-0.2, -0.15) is 0 Å². The van der Waals surface area contributed by atoms with Gasteiger partial charge in [0.15, 0.2) is 0 Å². The van der Waals surface area contributed by atoms with Crippen molar-refractivity contribution in [3.8, 4) is 0 Å². The third kappa shape index (κ3) is 3.78. The molecule has 1 atom stereocenters. The van der Waals surface area contributed by atoms with Crippen LogP contribution in [-0.4, -0.2) is 37.0 Å². The molecule has 0 bridgehead atoms. The molecule has 0 aromatic heterocycles. The van der Waals surface area contributed by atoms with E-state index in [1.54, 1.807) is 4.90 Å². The van der Waals surface area contributed by atoms with Crippen LogP contribution in [0.15, 0.2) is 0 Å². The number of likely N-dealkylation sites (N-methyl/N-ethyl adjacent to an activating group) is 1. The number of amides is 1. The second kappa shape index (κ2) is 6.24. The lowest BCUT2D eigenvalue weighted by Crippen LogP contribution is -2.47. The van der Waals surface area contributed by atoms with Crippen LogP contribution >= 0.6 is 0 Å². The Morgan fingerprint density at radius 2 is 1.88 bits per heavy atom. The van der Waals surface area contributed by atoms with E-state index in [1.807, 2.05) is 21.0 Å². The molecule has 0 aromatic carbocycles. The van der Waals surface area contributed by atoms with Gasteiger partial charge in [0.05, 0.1) is 6.04 Å². The summed E-state index contributed by atoms with van der Waals surface area (Å²) in [5, 5.41) is 3.45. The summed E-state index contributed by atoms with van der Waals surface area (Å²) in [6.07, 6.45) is 6.39. The number of carbonyl (C=O) groups excluding carboxylic acids is 1. The molecule has 0 aromatic rings. The number of rotatable bonds is 4. The first-order valence-electron chi connectivity index (χ1n) is 6.51. The number of nitrogens with zero attached hydrogens (tertiary/aromatic N) is 1. The lowest BCUT2D eigenvalue weighted by Gasteiger charge is -2.31. The first-order valence-corrected chi connectivity index (χ1v) is 6.51. The topological polar surface area (TPSA) is 32.3 Å². The molecule has 1 aliphatic rings. The normalized spacial score (nSPS) is 27.5. The summed E-state index contributed by atoms with van der Waals surface area (Å²) in [6, 6.07) is 0.500. The molecule has 16 heavy (non-hydrogen) atoms. The van der Waals surface area contributed by atoms with Gasteiger partial charge in [-0.05, 0) is 38.5 Å². The van der Waals surface area contributed by atoms with Gasteiger partial charge in [0.1, 0.15) is 0 Å². The van der Waals surface area contributed by atoms with Crippen LogP contribution in [0.1, 0.15) is 46.0 Å². The highest BCUT2D eigenvalue weighted by atomic mass is 16.2. The maximum atomic E-state index is 11.7. The summed E-state index contributed by atoms with van der Waals surface area (Å²) >= 11 is 0. The van der Waals surface area contributed by atoms with E-state index in [0.29, 0.717) is 6.04 Å². The van der Waals surface area contributed by atoms with Crippen LogP contribution < -0.4 is 5.32 Å². The van der Waals surface area contributed by atoms with Crippen molar-refractivity contribution < 1.29 is 4.79 Å². The Hall–Kier alpha value is -0.570. The van der Waals surface area contributed by atoms with E-state index in [0.717, 1.165) is 5.92 Å². The molecule has 1 aliphatic carbocycles. The summed E-state index contributed by atoms with van der Waals surface area (Å²) < 4.78 is 0. The fourth-order valence-corrected chi connectivity index (χ4v) is 2.55. The Balaban J connectivity index is 2.30. The van der Waals surface area contributed by atoms with E-state index in [1.165, 1.54) is 32.1 Å². The third-order valence-electron chi connectivity index (χ3n) is 3.72. The van der Waals surface area contributed by atoms with Crippen LogP contribution in [0.3, 0.4) is 0 Å². The van der Waals surface area contributed by atoms with Gasteiger partial charge in [0.25, 0.3) is 0 Å². The van der Waals surface area contributed by atoms with Gasteiger partial charge in [-0.3, -0.25) is 4.79 Å². The average Bonchev–Trinajstić information content (AvgIpc) is 2.28. The summed E-state index contributed by atoms with van der Waals surface area (Å²) in [5.41, 5.74) is 0. The summed E-state index contributed by atoms with van der Waals surface area (Å²) in [4.78, 5) is 13.4. The second-order valence-corrected chi connectivity index (χ2v) is 5.25. The molecule has 1 saturated carbocycles. The molecule has 1 fully saturated rings. The van der Waals surface area contributed by atoms with Gasteiger partial charge in [0, 0.05) is 20.1 Å². The molecule has 3 heteroatoms. The van der Waals surface area contributed by atoms with E-state index in [2.05, 4.69) is 12.2 Å². The number of nitrogens with one attached hydrogen (secondary N) is 1. The molecule has 94 valence electrons. The van der Waals surface area contributed by atoms with Crippen LogP contribution in [0, 0.1) is 5.92 Å². The van der Waals surface area contributed by atoms with Crippen molar-refractivity contribution in [3.05, 3.63) is 0 Å². The number of hydrogen-bond acceptors (Lipinski definition) is 2. The molecule has 1 rings (SSSR count). The highest BCUT2D eigenvalue weighted by Gasteiger charge is 2.23. The predicted octanol–water partition coefficient (Wildman–Crippen LogP) is 2.02. The van der Waals surface area contributed by atoms with Gasteiger partial charge in [0.2, 0.25) is 5.91 Å². The zero-order chi connectivity index (χ0) is 12.1. The first kappa shape index (κ1) is 13.5. The Bertz CT molecular complexity index is 220. The smallest absolute Gasteiger partial charge is 0.238 e. The van der Waals surface area contributed by atoms with Crippen molar-refractivity contribution in [1.82, 2.24) is 10.2 Å². The summed E-state index contributed by atoms with van der Waals surface area (Å²) in [7, 11) is 3.63. The van der Waals surface area contributed by atoms with Crippen LogP contribution in [0.5, 0.6) is 0 Å². The Kier molecular flexibility index (Phi) is 5.26. The Labute approximate surface area is 99.6 Å². The second-order valence-electron chi connectivity index (χ2n) is 5.25. The van der Waals surface area contributed by atoms with Crippen LogP contribution in [-0.2, 0) is 4.79 Å². The van der Waals surface area contributed by atoms with Gasteiger partial charge >= 0.3 is 0 Å². The molecular formula is C13H26N2O. The maximum Gasteiger partial charge on any atom is 0.238 e. The lowest BCUT2D eigenvalue weighted by molar-refractivity contribution is -0.130. The number of hydrogen-bond donors (Lipinski definition) is 1. The average molecular weight is 226 g/mol. The van der Waals surface area contributed by atoms with Gasteiger partial charge in [-0.15, -0.1) is 0 Å². The van der Waals surface area contributed by atoms with Crippen molar-refractivity contribution in [2.75, 3.05) is 14.1 Å². The van der Waals surface area contributed by atoms with Crippen molar-refractivity contribution in [2.45, 2.75) is 58.0 Å². The minimum absolute atomic E-state index is 0.0434. The largest absolute Gasteiger partial charge is 0.347 e. The molecule has 3 nitrogen and oxygen atoms in total. The maximum absolute atomic E-state index is 11.7. The van der Waals surface area contributed by atoms with Gasteiger partial charge in [-0.1, -0.05) is 13.3 Å². The fraction of sp³-hybridized carbons (Fsp3) is 0.923. The molecular weight excluding hydrogens is 200 g/mol. The molecule has 0 heterocycles. The molecule has 0 saturated heterocycles. The Morgan fingerprint density at radius 1 is 1.31 bits per heavy atom. The minimum Gasteiger partial charge on any atom is -0.347 e. The molecule has 0 radical (unpaired) electrons. The van der Waals surface area contributed by atoms with Crippen molar-refractivity contribution in [3.63, 3.8) is 0 Å². The first-order chi connectivity index (χ1) is 7.54. The molecule has 1 amide bonds. The molecule has 1 unspecified atom stereocenters. The van der Waals surface area contributed by atoms with E-state index < -0.39 is 0 Å². The minimum atomic E-state index is -0.0434.